The summed E-state index contributed by atoms with van der Waals surface area (Å²) in [5.74, 6) is 1.87. The predicted octanol–water partition coefficient (Wildman–Crippen LogP) is 3.49. The molecule has 6 heteroatoms. The van der Waals surface area contributed by atoms with Crippen molar-refractivity contribution in [2.75, 3.05) is 39.3 Å². The Morgan fingerprint density at radius 3 is 2.41 bits per heavy atom. The summed E-state index contributed by atoms with van der Waals surface area (Å²) >= 11 is 0. The second kappa shape index (κ2) is 10.8. The maximum Gasteiger partial charge on any atom is 0.242 e. The first kappa shape index (κ1) is 22.6. The van der Waals surface area contributed by atoms with Gasteiger partial charge in [-0.2, -0.15) is 0 Å². The summed E-state index contributed by atoms with van der Waals surface area (Å²) in [6.07, 6.45) is 5.14. The van der Waals surface area contributed by atoms with E-state index in [4.69, 9.17) is 4.42 Å². The number of amides is 2. The Balaban J connectivity index is 1.41. The van der Waals surface area contributed by atoms with Gasteiger partial charge in [0.25, 0.3) is 0 Å². The van der Waals surface area contributed by atoms with Crippen molar-refractivity contribution in [3.05, 3.63) is 59.5 Å². The Bertz CT molecular complexity index is 885. The maximum atomic E-state index is 13.4. The third kappa shape index (κ3) is 6.45. The van der Waals surface area contributed by atoms with Gasteiger partial charge in [-0.1, -0.05) is 30.3 Å². The van der Waals surface area contributed by atoms with E-state index in [1.165, 1.54) is 18.4 Å². The Morgan fingerprint density at radius 1 is 1.00 bits per heavy atom. The molecule has 2 heterocycles. The summed E-state index contributed by atoms with van der Waals surface area (Å²) in [6.45, 7) is 6.77. The van der Waals surface area contributed by atoms with Gasteiger partial charge in [-0.25, -0.2) is 0 Å². The first-order chi connectivity index (χ1) is 15.6. The maximum absolute atomic E-state index is 13.4. The lowest BCUT2D eigenvalue weighted by Gasteiger charge is -2.29. The molecule has 1 aliphatic carbocycles. The van der Waals surface area contributed by atoms with Crippen LogP contribution >= 0.6 is 0 Å². The summed E-state index contributed by atoms with van der Waals surface area (Å²) in [5.41, 5.74) is 1.20. The first-order valence-corrected chi connectivity index (χ1v) is 12.0. The van der Waals surface area contributed by atoms with Gasteiger partial charge in [-0.3, -0.25) is 9.59 Å². The molecular weight excluding hydrogens is 402 g/mol. The normalized spacial score (nSPS) is 16.3. The number of hydrogen-bond acceptors (Lipinski definition) is 4. The molecule has 32 heavy (non-hydrogen) atoms. The van der Waals surface area contributed by atoms with Crippen LogP contribution in [-0.4, -0.2) is 65.8 Å². The van der Waals surface area contributed by atoms with Crippen LogP contribution in [0, 0.1) is 12.8 Å². The molecule has 0 radical (unpaired) electrons. The van der Waals surface area contributed by atoms with Gasteiger partial charge >= 0.3 is 0 Å². The zero-order chi connectivity index (χ0) is 22.3. The third-order valence-electron chi connectivity index (χ3n) is 6.46. The van der Waals surface area contributed by atoms with Crippen LogP contribution in [0.1, 0.15) is 42.8 Å². The van der Waals surface area contributed by atoms with Crippen LogP contribution in [0.25, 0.3) is 0 Å². The molecule has 0 atom stereocenters. The van der Waals surface area contributed by atoms with Gasteiger partial charge in [0.15, 0.2) is 0 Å². The summed E-state index contributed by atoms with van der Waals surface area (Å²) in [7, 11) is 0. The SMILES string of the molecule is Cc1ccc(CN(CCc2ccccc2)C(=O)CN(CCN2CCCC2)C(=O)C2CC2)o1. The van der Waals surface area contributed by atoms with Gasteiger partial charge in [-0.15, -0.1) is 0 Å². The molecule has 2 fully saturated rings. The monoisotopic (exact) mass is 437 g/mol. The zero-order valence-electron chi connectivity index (χ0n) is 19.2. The van der Waals surface area contributed by atoms with Gasteiger partial charge in [0.1, 0.15) is 11.5 Å². The Labute approximate surface area is 191 Å². The van der Waals surface area contributed by atoms with Gasteiger partial charge in [0.05, 0.1) is 13.1 Å². The second-order valence-electron chi connectivity index (χ2n) is 9.15. The molecule has 2 amide bonds. The number of aryl methyl sites for hydroxylation is 1. The van der Waals surface area contributed by atoms with E-state index < -0.39 is 0 Å². The molecule has 0 bridgehead atoms. The molecule has 1 saturated heterocycles. The lowest BCUT2D eigenvalue weighted by molar-refractivity contribution is -0.141. The zero-order valence-corrected chi connectivity index (χ0v) is 19.2. The van der Waals surface area contributed by atoms with Gasteiger partial charge < -0.3 is 19.1 Å². The van der Waals surface area contributed by atoms with Crippen LogP contribution in [0.15, 0.2) is 46.9 Å². The van der Waals surface area contributed by atoms with Crippen molar-refractivity contribution in [2.45, 2.75) is 45.6 Å². The van der Waals surface area contributed by atoms with E-state index in [0.29, 0.717) is 19.6 Å². The molecule has 0 N–H and O–H groups in total. The minimum atomic E-state index is -0.00888. The number of carbonyl (C=O) groups excluding carboxylic acids is 2. The topological polar surface area (TPSA) is 57.0 Å². The standard InChI is InChI=1S/C26H35N3O3/c1-21-9-12-24(32-21)19-28(16-13-22-7-3-2-4-8-22)25(30)20-29(26(31)23-10-11-23)18-17-27-14-5-6-15-27/h2-4,7-9,12,23H,5-6,10-11,13-20H2,1H3. The molecule has 172 valence electrons. The predicted molar refractivity (Wildman–Crippen MR) is 124 cm³/mol. The van der Waals surface area contributed by atoms with E-state index in [-0.39, 0.29) is 24.3 Å². The number of carbonyl (C=O) groups is 2. The molecule has 4 rings (SSSR count). The molecule has 6 nitrogen and oxygen atoms in total. The van der Waals surface area contributed by atoms with E-state index in [9.17, 15) is 9.59 Å². The highest BCUT2D eigenvalue weighted by atomic mass is 16.3. The minimum absolute atomic E-state index is 0.00888. The first-order valence-electron chi connectivity index (χ1n) is 12.0. The van der Waals surface area contributed by atoms with Crippen molar-refractivity contribution in [1.29, 1.82) is 0 Å². The molecule has 0 unspecified atom stereocenters. The molecule has 1 saturated carbocycles. The van der Waals surface area contributed by atoms with E-state index in [0.717, 1.165) is 50.4 Å². The van der Waals surface area contributed by atoms with E-state index in [1.54, 1.807) is 4.90 Å². The van der Waals surface area contributed by atoms with Gasteiger partial charge in [0, 0.05) is 25.6 Å². The fourth-order valence-electron chi connectivity index (χ4n) is 4.35. The number of nitrogens with zero attached hydrogens (tertiary/aromatic N) is 3. The quantitative estimate of drug-likeness (QED) is 0.540. The molecule has 2 aliphatic rings. The summed E-state index contributed by atoms with van der Waals surface area (Å²) in [4.78, 5) is 32.4. The summed E-state index contributed by atoms with van der Waals surface area (Å²) in [6, 6.07) is 14.1. The molecular formula is C26H35N3O3. The minimum Gasteiger partial charge on any atom is -0.464 e. The molecule has 1 aromatic carbocycles. The molecule has 1 aliphatic heterocycles. The lowest BCUT2D eigenvalue weighted by atomic mass is 10.1. The fourth-order valence-corrected chi connectivity index (χ4v) is 4.35. The molecule has 2 aromatic rings. The summed E-state index contributed by atoms with van der Waals surface area (Å²) in [5, 5.41) is 0. The van der Waals surface area contributed by atoms with Crippen molar-refractivity contribution >= 4 is 11.8 Å². The van der Waals surface area contributed by atoms with Gasteiger partial charge in [-0.05, 0) is 69.8 Å². The smallest absolute Gasteiger partial charge is 0.242 e. The van der Waals surface area contributed by atoms with Crippen LogP contribution < -0.4 is 0 Å². The molecule has 0 spiro atoms. The lowest BCUT2D eigenvalue weighted by Crippen LogP contribution is -2.46. The van der Waals surface area contributed by atoms with Crippen LogP contribution in [0.5, 0.6) is 0 Å². The van der Waals surface area contributed by atoms with Crippen molar-refractivity contribution < 1.29 is 14.0 Å². The van der Waals surface area contributed by atoms with Crippen molar-refractivity contribution in [1.82, 2.24) is 14.7 Å². The Hall–Kier alpha value is -2.60. The Morgan fingerprint density at radius 2 is 1.75 bits per heavy atom. The van der Waals surface area contributed by atoms with E-state index in [2.05, 4.69) is 17.0 Å². The van der Waals surface area contributed by atoms with Crippen molar-refractivity contribution in [3.8, 4) is 0 Å². The van der Waals surface area contributed by atoms with Crippen LogP contribution in [0.3, 0.4) is 0 Å². The van der Waals surface area contributed by atoms with Crippen LogP contribution in [0.2, 0.25) is 0 Å². The Kier molecular flexibility index (Phi) is 7.63. The highest BCUT2D eigenvalue weighted by Gasteiger charge is 2.35. The van der Waals surface area contributed by atoms with Crippen molar-refractivity contribution in [3.63, 3.8) is 0 Å². The highest BCUT2D eigenvalue weighted by Crippen LogP contribution is 2.31. The van der Waals surface area contributed by atoms with Gasteiger partial charge in [0.2, 0.25) is 11.8 Å². The number of likely N-dealkylation sites (tertiary alicyclic amines) is 1. The largest absolute Gasteiger partial charge is 0.464 e. The number of hydrogen-bond donors (Lipinski definition) is 0. The van der Waals surface area contributed by atoms with E-state index >= 15 is 0 Å². The number of rotatable bonds is 11. The van der Waals surface area contributed by atoms with E-state index in [1.807, 2.05) is 42.2 Å². The highest BCUT2D eigenvalue weighted by molar-refractivity contribution is 5.87. The van der Waals surface area contributed by atoms with Crippen LogP contribution in [-0.2, 0) is 22.6 Å². The average molecular weight is 438 g/mol. The average Bonchev–Trinajstić information content (AvgIpc) is 3.37. The fraction of sp³-hybridized carbons (Fsp3) is 0.538. The van der Waals surface area contributed by atoms with Crippen LogP contribution in [0.4, 0.5) is 0 Å². The second-order valence-corrected chi connectivity index (χ2v) is 9.15. The molecule has 1 aromatic heterocycles. The third-order valence-corrected chi connectivity index (χ3v) is 6.46. The van der Waals surface area contributed by atoms with Crippen molar-refractivity contribution in [2.24, 2.45) is 5.92 Å². The summed E-state index contributed by atoms with van der Waals surface area (Å²) < 4.78 is 5.75. The number of benzene rings is 1. The number of furan rings is 1.